The van der Waals surface area contributed by atoms with E-state index in [4.69, 9.17) is 4.74 Å². The second-order valence-electron chi connectivity index (χ2n) is 10.3. The Balaban J connectivity index is 1.72. The summed E-state index contributed by atoms with van der Waals surface area (Å²) in [7, 11) is 0. The summed E-state index contributed by atoms with van der Waals surface area (Å²) >= 11 is 0. The van der Waals surface area contributed by atoms with Crippen LogP contribution >= 0.6 is 0 Å². The number of hydrogen-bond acceptors (Lipinski definition) is 3. The zero-order chi connectivity index (χ0) is 18.7. The van der Waals surface area contributed by atoms with Crippen LogP contribution in [-0.4, -0.2) is 23.3 Å². The highest BCUT2D eigenvalue weighted by Gasteiger charge is 2.63. The number of carbonyl (C=O) groups is 1. The minimum atomic E-state index is -0.137. The third-order valence-corrected chi connectivity index (χ3v) is 9.22. The van der Waals surface area contributed by atoms with E-state index in [2.05, 4.69) is 26.5 Å². The van der Waals surface area contributed by atoms with Crippen molar-refractivity contribution in [3.8, 4) is 0 Å². The monoisotopic (exact) mass is 360 g/mol. The van der Waals surface area contributed by atoms with Gasteiger partial charge >= 0.3 is 5.97 Å². The highest BCUT2D eigenvalue weighted by molar-refractivity contribution is 5.66. The number of ether oxygens (including phenoxy) is 1. The van der Waals surface area contributed by atoms with Gasteiger partial charge in [0.05, 0.1) is 6.10 Å². The van der Waals surface area contributed by atoms with Gasteiger partial charge in [0.1, 0.15) is 6.10 Å². The van der Waals surface area contributed by atoms with Crippen molar-refractivity contribution in [2.45, 2.75) is 84.3 Å². The molecule has 0 heterocycles. The molecule has 0 unspecified atom stereocenters. The van der Waals surface area contributed by atoms with Gasteiger partial charge in [0.15, 0.2) is 0 Å². The van der Waals surface area contributed by atoms with Crippen LogP contribution in [0.15, 0.2) is 12.7 Å². The number of hydrogen-bond donors (Lipinski definition) is 1. The predicted octanol–water partition coefficient (Wildman–Crippen LogP) is 4.73. The van der Waals surface area contributed by atoms with Crippen LogP contribution in [0.2, 0.25) is 0 Å². The molecule has 0 aromatic rings. The number of esters is 1. The van der Waals surface area contributed by atoms with E-state index in [1.54, 1.807) is 6.92 Å². The molecule has 0 amide bonds. The van der Waals surface area contributed by atoms with Gasteiger partial charge in [-0.15, -0.1) is 6.58 Å². The number of aliphatic hydroxyl groups excluding tert-OH is 1. The van der Waals surface area contributed by atoms with Crippen LogP contribution in [0.5, 0.6) is 0 Å². The molecule has 0 aromatic heterocycles. The van der Waals surface area contributed by atoms with Gasteiger partial charge in [0.25, 0.3) is 0 Å². The van der Waals surface area contributed by atoms with E-state index >= 15 is 0 Å². The van der Waals surface area contributed by atoms with Gasteiger partial charge in [-0.05, 0) is 85.9 Å². The van der Waals surface area contributed by atoms with E-state index < -0.39 is 0 Å². The second kappa shape index (κ2) is 6.36. The average molecular weight is 361 g/mol. The summed E-state index contributed by atoms with van der Waals surface area (Å²) in [4.78, 5) is 12.0. The predicted molar refractivity (Wildman–Crippen MR) is 102 cm³/mol. The van der Waals surface area contributed by atoms with Crippen molar-refractivity contribution < 1.29 is 14.6 Å². The van der Waals surface area contributed by atoms with Gasteiger partial charge in [-0.2, -0.15) is 0 Å². The Morgan fingerprint density at radius 1 is 1.15 bits per heavy atom. The second-order valence-corrected chi connectivity index (χ2v) is 10.3. The molecule has 0 bridgehead atoms. The quantitative estimate of drug-likeness (QED) is 0.572. The summed E-state index contributed by atoms with van der Waals surface area (Å²) in [6.45, 7) is 10.6. The molecule has 3 nitrogen and oxygen atoms in total. The third-order valence-electron chi connectivity index (χ3n) is 9.22. The number of fused-ring (bicyclic) bond motifs is 5. The number of rotatable bonds is 2. The lowest BCUT2D eigenvalue weighted by Crippen LogP contribution is -2.59. The van der Waals surface area contributed by atoms with E-state index in [-0.39, 0.29) is 29.0 Å². The first-order chi connectivity index (χ1) is 12.3. The number of carbonyl (C=O) groups excluding carboxylic acids is 1. The van der Waals surface area contributed by atoms with Crippen LogP contribution in [0.25, 0.3) is 0 Å². The Morgan fingerprint density at radius 3 is 2.62 bits per heavy atom. The largest absolute Gasteiger partial charge is 0.462 e. The van der Waals surface area contributed by atoms with Crippen molar-refractivity contribution in [1.29, 1.82) is 0 Å². The van der Waals surface area contributed by atoms with Gasteiger partial charge in [0.2, 0.25) is 0 Å². The van der Waals surface area contributed by atoms with Crippen molar-refractivity contribution in [3.05, 3.63) is 12.7 Å². The van der Waals surface area contributed by atoms with Crippen LogP contribution in [0.4, 0.5) is 0 Å². The first-order valence-corrected chi connectivity index (χ1v) is 10.8. The van der Waals surface area contributed by atoms with E-state index in [0.29, 0.717) is 23.7 Å². The highest BCUT2D eigenvalue weighted by Crippen LogP contribution is 2.68. The topological polar surface area (TPSA) is 46.5 Å². The van der Waals surface area contributed by atoms with Crippen molar-refractivity contribution in [2.24, 2.45) is 40.4 Å². The molecule has 1 N–H and O–H groups in total. The fraction of sp³-hybridized carbons (Fsp3) is 0.870. The van der Waals surface area contributed by atoms with Gasteiger partial charge in [0, 0.05) is 12.8 Å². The Hall–Kier alpha value is -0.830. The molecule has 9 atom stereocenters. The molecule has 0 spiro atoms. The molecule has 4 aliphatic rings. The lowest BCUT2D eigenvalue weighted by molar-refractivity contribution is -0.196. The van der Waals surface area contributed by atoms with Crippen LogP contribution in [0.1, 0.15) is 72.1 Å². The van der Waals surface area contributed by atoms with Crippen molar-refractivity contribution in [2.75, 3.05) is 0 Å². The maximum atomic E-state index is 12.0. The van der Waals surface area contributed by atoms with Crippen LogP contribution in [-0.2, 0) is 9.53 Å². The standard InChI is InChI=1S/C23H36O3/c1-5-15-7-9-19-18-8-6-16-12-17(25)10-11-22(16,3)21(18)20(26-14(2)24)13-23(15,19)4/h5,15-21,25H,1,6-13H2,2-4H3/t15-,16-,17+,18-,19-,20+,21+,22-,23+/m0/s1. The van der Waals surface area contributed by atoms with Crippen molar-refractivity contribution >= 4 is 5.97 Å². The molecule has 4 rings (SSSR count). The molecule has 26 heavy (non-hydrogen) atoms. The lowest BCUT2D eigenvalue weighted by Gasteiger charge is -2.62. The molecule has 146 valence electrons. The average Bonchev–Trinajstić information content (AvgIpc) is 2.90. The van der Waals surface area contributed by atoms with Gasteiger partial charge in [-0.1, -0.05) is 19.9 Å². The highest BCUT2D eigenvalue weighted by atomic mass is 16.5. The van der Waals surface area contributed by atoms with E-state index in [1.165, 1.54) is 25.7 Å². The first-order valence-electron chi connectivity index (χ1n) is 10.8. The summed E-state index contributed by atoms with van der Waals surface area (Å²) < 4.78 is 6.03. The molecule has 0 radical (unpaired) electrons. The van der Waals surface area contributed by atoms with E-state index in [9.17, 15) is 9.90 Å². The number of allylic oxidation sites excluding steroid dienone is 1. The molecule has 3 heteroatoms. The molecule has 0 aliphatic heterocycles. The SMILES string of the molecule is C=C[C@H]1CC[C@H]2[C@@H]3CC[C@H]4C[C@H](O)CC[C@]4(C)[C@H]3[C@H](OC(C)=O)C[C@]12C. The fourth-order valence-corrected chi connectivity index (χ4v) is 8.07. The molecule has 4 saturated carbocycles. The van der Waals surface area contributed by atoms with Crippen LogP contribution in [0.3, 0.4) is 0 Å². The Kier molecular flexibility index (Phi) is 4.53. The molecule has 0 saturated heterocycles. The Morgan fingerprint density at radius 2 is 1.92 bits per heavy atom. The first kappa shape index (κ1) is 18.5. The molecule has 0 aromatic carbocycles. The van der Waals surface area contributed by atoms with Gasteiger partial charge in [-0.3, -0.25) is 4.79 Å². The van der Waals surface area contributed by atoms with Gasteiger partial charge in [-0.25, -0.2) is 0 Å². The summed E-state index contributed by atoms with van der Waals surface area (Å²) in [5.41, 5.74) is 0.427. The lowest BCUT2D eigenvalue weighted by atomic mass is 9.44. The molecule has 4 fully saturated rings. The normalized spacial score (nSPS) is 53.2. The molecular formula is C23H36O3. The maximum absolute atomic E-state index is 12.0. The minimum Gasteiger partial charge on any atom is -0.462 e. The maximum Gasteiger partial charge on any atom is 0.302 e. The fourth-order valence-electron chi connectivity index (χ4n) is 8.07. The molecular weight excluding hydrogens is 324 g/mol. The van der Waals surface area contributed by atoms with Gasteiger partial charge < -0.3 is 9.84 Å². The zero-order valence-electron chi connectivity index (χ0n) is 16.7. The van der Waals surface area contributed by atoms with Crippen molar-refractivity contribution in [1.82, 2.24) is 0 Å². The minimum absolute atomic E-state index is 0.0299. The summed E-state index contributed by atoms with van der Waals surface area (Å²) in [6, 6.07) is 0. The zero-order valence-corrected chi connectivity index (χ0v) is 16.7. The Bertz CT molecular complexity index is 586. The summed E-state index contributed by atoms with van der Waals surface area (Å²) in [5, 5.41) is 10.2. The van der Waals surface area contributed by atoms with Crippen LogP contribution in [0, 0.1) is 40.4 Å². The summed E-state index contributed by atoms with van der Waals surface area (Å²) in [6.07, 6.45) is 11.0. The van der Waals surface area contributed by atoms with Crippen LogP contribution < -0.4 is 0 Å². The smallest absolute Gasteiger partial charge is 0.302 e. The van der Waals surface area contributed by atoms with E-state index in [1.807, 2.05) is 0 Å². The van der Waals surface area contributed by atoms with E-state index in [0.717, 1.165) is 31.6 Å². The van der Waals surface area contributed by atoms with Crippen molar-refractivity contribution in [3.63, 3.8) is 0 Å². The number of aliphatic hydroxyl groups is 1. The Labute approximate surface area is 158 Å². The summed E-state index contributed by atoms with van der Waals surface area (Å²) in [5.74, 6) is 2.83. The third kappa shape index (κ3) is 2.60. The molecule has 4 aliphatic carbocycles.